The lowest BCUT2D eigenvalue weighted by atomic mass is 9.95. The maximum atomic E-state index is 13.8. The molecule has 3 aromatic rings. The molecule has 216 valence electrons. The van der Waals surface area contributed by atoms with Crippen LogP contribution in [0.1, 0.15) is 47.2 Å². The van der Waals surface area contributed by atoms with E-state index in [0.717, 1.165) is 29.7 Å². The summed E-state index contributed by atoms with van der Waals surface area (Å²) >= 11 is 0. The van der Waals surface area contributed by atoms with Crippen LogP contribution >= 0.6 is 0 Å². The summed E-state index contributed by atoms with van der Waals surface area (Å²) in [7, 11) is 3.25. The largest absolute Gasteiger partial charge is 0.375 e. The third kappa shape index (κ3) is 7.73. The SMILES string of the molecule is CCC(C(=O)N1CCCN(c2ccc(NC(=O)COC)cc2C(=O)N(C)Cc2ccccc2)CC1)c1ccccc1. The van der Waals surface area contributed by atoms with Crippen molar-refractivity contribution in [1.82, 2.24) is 9.80 Å². The van der Waals surface area contributed by atoms with Crippen molar-refractivity contribution in [3.05, 3.63) is 95.6 Å². The fourth-order valence-electron chi connectivity index (χ4n) is 5.36. The van der Waals surface area contributed by atoms with E-state index in [0.29, 0.717) is 44.0 Å². The van der Waals surface area contributed by atoms with Crippen molar-refractivity contribution in [2.24, 2.45) is 0 Å². The molecule has 1 saturated heterocycles. The third-order valence-electron chi connectivity index (χ3n) is 7.45. The minimum Gasteiger partial charge on any atom is -0.375 e. The monoisotopic (exact) mass is 556 g/mol. The molecular weight excluding hydrogens is 516 g/mol. The van der Waals surface area contributed by atoms with Gasteiger partial charge in [-0.2, -0.15) is 0 Å². The van der Waals surface area contributed by atoms with E-state index in [9.17, 15) is 14.4 Å². The standard InChI is InChI=1S/C33H40N4O4/c1-4-28(26-14-9-6-10-15-26)33(40)37-19-11-18-36(20-21-37)30-17-16-27(34-31(38)24-41-3)22-29(30)32(39)35(2)23-25-12-7-5-8-13-25/h5-10,12-17,22,28H,4,11,18-21,23-24H2,1-3H3,(H,34,38). The number of methoxy groups -OCH3 is 1. The van der Waals surface area contributed by atoms with Gasteiger partial charge in [0.05, 0.1) is 11.5 Å². The molecule has 8 nitrogen and oxygen atoms in total. The smallest absolute Gasteiger partial charge is 0.256 e. The molecule has 0 saturated carbocycles. The number of carbonyl (C=O) groups is 3. The van der Waals surface area contributed by atoms with Gasteiger partial charge >= 0.3 is 0 Å². The first-order valence-corrected chi connectivity index (χ1v) is 14.2. The summed E-state index contributed by atoms with van der Waals surface area (Å²) in [5, 5.41) is 2.82. The van der Waals surface area contributed by atoms with E-state index in [4.69, 9.17) is 4.74 Å². The maximum absolute atomic E-state index is 13.8. The maximum Gasteiger partial charge on any atom is 0.256 e. The van der Waals surface area contributed by atoms with Gasteiger partial charge in [-0.05, 0) is 42.2 Å². The van der Waals surface area contributed by atoms with Gasteiger partial charge in [-0.3, -0.25) is 14.4 Å². The molecule has 0 radical (unpaired) electrons. The minimum atomic E-state index is -0.288. The topological polar surface area (TPSA) is 82.2 Å². The molecule has 1 unspecified atom stereocenters. The Balaban J connectivity index is 1.56. The number of nitrogens with zero attached hydrogens (tertiary/aromatic N) is 3. The van der Waals surface area contributed by atoms with Crippen molar-refractivity contribution in [3.8, 4) is 0 Å². The molecular formula is C33H40N4O4. The predicted octanol–water partition coefficient (Wildman–Crippen LogP) is 4.78. The molecule has 1 heterocycles. The first-order valence-electron chi connectivity index (χ1n) is 14.2. The van der Waals surface area contributed by atoms with E-state index in [2.05, 4.69) is 17.1 Å². The summed E-state index contributed by atoms with van der Waals surface area (Å²) in [6.07, 6.45) is 1.53. The van der Waals surface area contributed by atoms with Crippen LogP contribution < -0.4 is 10.2 Å². The molecule has 0 aliphatic carbocycles. The first kappa shape index (κ1) is 29.8. The Labute approximate surface area is 242 Å². The Kier molecular flexibility index (Phi) is 10.5. The molecule has 0 spiro atoms. The summed E-state index contributed by atoms with van der Waals surface area (Å²) in [6.45, 7) is 4.99. The number of anilines is 2. The highest BCUT2D eigenvalue weighted by Crippen LogP contribution is 2.29. The van der Waals surface area contributed by atoms with Crippen LogP contribution in [-0.2, 0) is 20.9 Å². The zero-order valence-corrected chi connectivity index (χ0v) is 24.2. The Morgan fingerprint density at radius 1 is 0.927 bits per heavy atom. The molecule has 0 bridgehead atoms. The average molecular weight is 557 g/mol. The van der Waals surface area contributed by atoms with Crippen LogP contribution in [0.2, 0.25) is 0 Å². The van der Waals surface area contributed by atoms with Gasteiger partial charge in [0.2, 0.25) is 11.8 Å². The van der Waals surface area contributed by atoms with Gasteiger partial charge in [-0.1, -0.05) is 67.6 Å². The van der Waals surface area contributed by atoms with E-state index < -0.39 is 0 Å². The zero-order chi connectivity index (χ0) is 29.2. The van der Waals surface area contributed by atoms with E-state index in [1.807, 2.05) is 77.7 Å². The number of rotatable bonds is 10. The van der Waals surface area contributed by atoms with Gasteiger partial charge < -0.3 is 24.8 Å². The molecule has 3 amide bonds. The van der Waals surface area contributed by atoms with Crippen LogP contribution in [0.3, 0.4) is 0 Å². The molecule has 3 aromatic carbocycles. The van der Waals surface area contributed by atoms with E-state index in [1.54, 1.807) is 18.0 Å². The normalized spacial score (nSPS) is 14.2. The molecule has 1 N–H and O–H groups in total. The molecule has 1 aliphatic heterocycles. The lowest BCUT2D eigenvalue weighted by Gasteiger charge is -2.28. The fourth-order valence-corrected chi connectivity index (χ4v) is 5.36. The van der Waals surface area contributed by atoms with Gasteiger partial charge in [0, 0.05) is 58.3 Å². The second-order valence-electron chi connectivity index (χ2n) is 10.4. The number of hydrogen-bond donors (Lipinski definition) is 1. The van der Waals surface area contributed by atoms with Crippen molar-refractivity contribution in [3.63, 3.8) is 0 Å². The second-order valence-corrected chi connectivity index (χ2v) is 10.4. The number of benzene rings is 3. The Bertz CT molecular complexity index is 1320. The van der Waals surface area contributed by atoms with Crippen molar-refractivity contribution in [2.45, 2.75) is 32.2 Å². The van der Waals surface area contributed by atoms with Gasteiger partial charge in [-0.15, -0.1) is 0 Å². The Morgan fingerprint density at radius 2 is 1.63 bits per heavy atom. The van der Waals surface area contributed by atoms with Crippen molar-refractivity contribution < 1.29 is 19.1 Å². The highest BCUT2D eigenvalue weighted by atomic mass is 16.5. The molecule has 41 heavy (non-hydrogen) atoms. The summed E-state index contributed by atoms with van der Waals surface area (Å²) < 4.78 is 4.95. The van der Waals surface area contributed by atoms with Crippen LogP contribution in [-0.4, -0.2) is 74.5 Å². The molecule has 1 atom stereocenters. The second kappa shape index (κ2) is 14.5. The van der Waals surface area contributed by atoms with Gasteiger partial charge in [0.15, 0.2) is 0 Å². The average Bonchev–Trinajstić information content (AvgIpc) is 3.25. The molecule has 4 rings (SSSR count). The Hall–Kier alpha value is -4.17. The van der Waals surface area contributed by atoms with E-state index >= 15 is 0 Å². The number of hydrogen-bond acceptors (Lipinski definition) is 5. The third-order valence-corrected chi connectivity index (χ3v) is 7.45. The summed E-state index contributed by atoms with van der Waals surface area (Å²) in [6, 6.07) is 25.2. The number of ether oxygens (including phenoxy) is 1. The highest BCUT2D eigenvalue weighted by molar-refractivity contribution is 6.02. The summed E-state index contributed by atoms with van der Waals surface area (Å²) in [4.78, 5) is 45.4. The van der Waals surface area contributed by atoms with Crippen molar-refractivity contribution in [1.29, 1.82) is 0 Å². The number of amides is 3. The lowest BCUT2D eigenvalue weighted by molar-refractivity contribution is -0.132. The zero-order valence-electron chi connectivity index (χ0n) is 24.2. The predicted molar refractivity (Wildman–Crippen MR) is 162 cm³/mol. The first-order chi connectivity index (χ1) is 19.9. The quantitative estimate of drug-likeness (QED) is 0.389. The van der Waals surface area contributed by atoms with Crippen LogP contribution in [0, 0.1) is 0 Å². The van der Waals surface area contributed by atoms with Crippen molar-refractivity contribution >= 4 is 29.1 Å². The van der Waals surface area contributed by atoms with E-state index in [1.165, 1.54) is 7.11 Å². The van der Waals surface area contributed by atoms with Crippen LogP contribution in [0.15, 0.2) is 78.9 Å². The van der Waals surface area contributed by atoms with Crippen molar-refractivity contribution in [2.75, 3.05) is 57.2 Å². The Morgan fingerprint density at radius 3 is 2.32 bits per heavy atom. The minimum absolute atomic E-state index is 0.0728. The number of nitrogens with one attached hydrogen (secondary N) is 1. The van der Waals surface area contributed by atoms with Gasteiger partial charge in [-0.25, -0.2) is 0 Å². The number of carbonyl (C=O) groups excluding carboxylic acids is 3. The highest BCUT2D eigenvalue weighted by Gasteiger charge is 2.28. The fraction of sp³-hybridized carbons (Fsp3) is 0.364. The molecule has 1 aliphatic rings. The van der Waals surface area contributed by atoms with Crippen LogP contribution in [0.5, 0.6) is 0 Å². The van der Waals surface area contributed by atoms with Gasteiger partial charge in [0.25, 0.3) is 5.91 Å². The lowest BCUT2D eigenvalue weighted by Crippen LogP contribution is -2.38. The van der Waals surface area contributed by atoms with Crippen LogP contribution in [0.4, 0.5) is 11.4 Å². The molecule has 1 fully saturated rings. The van der Waals surface area contributed by atoms with Gasteiger partial charge in [0.1, 0.15) is 6.61 Å². The summed E-state index contributed by atoms with van der Waals surface area (Å²) in [5.41, 5.74) is 3.91. The van der Waals surface area contributed by atoms with Crippen LogP contribution in [0.25, 0.3) is 0 Å². The molecule has 8 heteroatoms. The summed E-state index contributed by atoms with van der Waals surface area (Å²) in [5.74, 6) is -0.444. The molecule has 0 aromatic heterocycles. The van der Waals surface area contributed by atoms with E-state index in [-0.39, 0.29) is 30.2 Å².